The van der Waals surface area contributed by atoms with Gasteiger partial charge in [-0.05, 0) is 54.8 Å². The van der Waals surface area contributed by atoms with Crippen molar-refractivity contribution >= 4 is 17.2 Å². The van der Waals surface area contributed by atoms with Gasteiger partial charge in [0.05, 0.1) is 5.69 Å². The van der Waals surface area contributed by atoms with E-state index in [9.17, 15) is 0 Å². The molecular weight excluding hydrogens is 639 g/mol. The number of benzene rings is 3. The quantitative estimate of drug-likeness (QED) is 0.188. The zero-order chi connectivity index (χ0) is 24.9. The molecule has 3 aromatic carbocycles. The Labute approximate surface area is 232 Å². The molecule has 0 saturated carbocycles. The Morgan fingerprint density at radius 1 is 0.811 bits per heavy atom. The minimum Gasteiger partial charge on any atom is -0.509 e. The van der Waals surface area contributed by atoms with Crippen LogP contribution in [0.4, 0.5) is 17.2 Å². The predicted octanol–water partition coefficient (Wildman–Crippen LogP) is 7.38. The largest absolute Gasteiger partial charge is 2.00 e. The van der Waals surface area contributed by atoms with Crippen LogP contribution in [0.3, 0.4) is 0 Å². The molecule has 5 aromatic rings. The molecule has 0 bridgehead atoms. The Kier molecular flexibility index (Phi) is 6.51. The molecule has 6 rings (SSSR count). The van der Waals surface area contributed by atoms with Gasteiger partial charge >= 0.3 is 21.1 Å². The van der Waals surface area contributed by atoms with Crippen LogP contribution in [-0.2, 0) is 26.5 Å². The van der Waals surface area contributed by atoms with E-state index in [4.69, 9.17) is 4.74 Å². The van der Waals surface area contributed by atoms with Crippen molar-refractivity contribution in [2.45, 2.75) is 33.1 Å². The fraction of sp³-hybridized carbons (Fsp3) is 0.161. The van der Waals surface area contributed by atoms with Crippen molar-refractivity contribution in [2.24, 2.45) is 0 Å². The van der Waals surface area contributed by atoms with Crippen molar-refractivity contribution < 1.29 is 25.8 Å². The zero-order valence-electron chi connectivity index (χ0n) is 21.1. The molecule has 0 N–H and O–H groups in total. The number of hydrogen-bond donors (Lipinski definition) is 0. The van der Waals surface area contributed by atoms with Crippen LogP contribution in [-0.4, -0.2) is 14.8 Å². The Bertz CT molecular complexity index is 1580. The van der Waals surface area contributed by atoms with Crippen LogP contribution in [0.2, 0.25) is 0 Å². The van der Waals surface area contributed by atoms with Gasteiger partial charge in [-0.1, -0.05) is 43.8 Å². The normalized spacial score (nSPS) is 13.4. The summed E-state index contributed by atoms with van der Waals surface area (Å²) < 4.78 is 8.17. The number of ether oxygens (including phenoxy) is 1. The standard InChI is InChI=1S/C31H26N4O.Pt/c1-21-18-22(2)35(33-21)23-10-9-11-24(19-23)36-25-15-16-27-29(20-25)34(30-14-7-8-17-32-30)28-13-6-5-12-26(28)31(27,3)4;/h5-18H,1-4H3;/q-2;+2. The molecule has 37 heavy (non-hydrogen) atoms. The first kappa shape index (κ1) is 25.0. The monoisotopic (exact) mass is 665 g/mol. The average molecular weight is 666 g/mol. The van der Waals surface area contributed by atoms with Gasteiger partial charge in [-0.3, -0.25) is 4.68 Å². The van der Waals surface area contributed by atoms with Gasteiger partial charge in [0.25, 0.3) is 0 Å². The van der Waals surface area contributed by atoms with Gasteiger partial charge in [0.15, 0.2) is 0 Å². The third-order valence-corrected chi connectivity index (χ3v) is 6.70. The second-order valence-corrected chi connectivity index (χ2v) is 9.59. The average Bonchev–Trinajstić information content (AvgIpc) is 3.23. The summed E-state index contributed by atoms with van der Waals surface area (Å²) >= 11 is 0. The number of hydrogen-bond acceptors (Lipinski definition) is 4. The molecule has 1 aliphatic rings. The first-order valence-electron chi connectivity index (χ1n) is 12.0. The Morgan fingerprint density at radius 2 is 1.59 bits per heavy atom. The summed E-state index contributed by atoms with van der Waals surface area (Å²) in [5.41, 5.74) is 7.09. The van der Waals surface area contributed by atoms with Gasteiger partial charge in [0, 0.05) is 29.1 Å². The molecule has 3 heterocycles. The van der Waals surface area contributed by atoms with Crippen molar-refractivity contribution in [3.63, 3.8) is 0 Å². The van der Waals surface area contributed by atoms with E-state index >= 15 is 0 Å². The van der Waals surface area contributed by atoms with Crippen LogP contribution in [0.25, 0.3) is 5.69 Å². The Hall–Kier alpha value is -3.69. The van der Waals surface area contributed by atoms with E-state index in [0.717, 1.165) is 34.3 Å². The van der Waals surface area contributed by atoms with Crippen molar-refractivity contribution in [3.8, 4) is 17.2 Å². The molecule has 1 aliphatic heterocycles. The van der Waals surface area contributed by atoms with E-state index in [1.165, 1.54) is 11.1 Å². The molecule has 0 atom stereocenters. The second-order valence-electron chi connectivity index (χ2n) is 9.59. The van der Waals surface area contributed by atoms with Crippen molar-refractivity contribution in [2.75, 3.05) is 4.90 Å². The molecule has 0 spiro atoms. The molecule has 0 aliphatic carbocycles. The first-order chi connectivity index (χ1) is 17.4. The maximum atomic E-state index is 6.29. The smallest absolute Gasteiger partial charge is 0.509 e. The molecule has 6 heteroatoms. The zero-order valence-corrected chi connectivity index (χ0v) is 23.4. The Balaban J connectivity index is 0.00000280. The van der Waals surface area contributed by atoms with Crippen LogP contribution in [0.5, 0.6) is 11.5 Å². The molecule has 2 aromatic heterocycles. The molecular formula is C31H26N4OPt. The molecule has 5 nitrogen and oxygen atoms in total. The maximum absolute atomic E-state index is 6.29. The van der Waals surface area contributed by atoms with Gasteiger partial charge in [-0.2, -0.15) is 17.2 Å². The molecule has 0 unspecified atom stereocenters. The van der Waals surface area contributed by atoms with Crippen molar-refractivity contribution in [1.29, 1.82) is 0 Å². The van der Waals surface area contributed by atoms with E-state index in [0.29, 0.717) is 11.5 Å². The SMILES string of the molecule is Cc1cc(C)n(-c2[c-]c(Oc3[c-]c4c(cc3)C(C)(C)c3ccccc3N4c3ccccn3)ccc2)n1.[Pt+2]. The minimum atomic E-state index is -0.201. The summed E-state index contributed by atoms with van der Waals surface area (Å²) in [5.74, 6) is 2.07. The summed E-state index contributed by atoms with van der Waals surface area (Å²) in [5, 5.41) is 4.58. The van der Waals surface area contributed by atoms with Crippen molar-refractivity contribution in [1.82, 2.24) is 14.8 Å². The van der Waals surface area contributed by atoms with Gasteiger partial charge in [-0.15, -0.1) is 35.9 Å². The van der Waals surface area contributed by atoms with Gasteiger partial charge in [-0.25, -0.2) is 4.98 Å². The number of anilines is 3. The van der Waals surface area contributed by atoms with Gasteiger partial charge in [0.1, 0.15) is 5.82 Å². The Morgan fingerprint density at radius 3 is 2.35 bits per heavy atom. The third kappa shape index (κ3) is 4.38. The number of fused-ring (bicyclic) bond motifs is 2. The van der Waals surface area contributed by atoms with Crippen LogP contribution in [0.15, 0.2) is 85.1 Å². The first-order valence-corrected chi connectivity index (χ1v) is 12.0. The summed E-state index contributed by atoms with van der Waals surface area (Å²) in [6.07, 6.45) is 1.82. The molecule has 0 fully saturated rings. The van der Waals surface area contributed by atoms with Crippen LogP contribution in [0, 0.1) is 26.0 Å². The number of rotatable bonds is 4. The van der Waals surface area contributed by atoms with Gasteiger partial charge in [0.2, 0.25) is 0 Å². The second kappa shape index (κ2) is 9.64. The van der Waals surface area contributed by atoms with Crippen LogP contribution < -0.4 is 9.64 Å². The molecule has 0 amide bonds. The van der Waals surface area contributed by atoms with E-state index in [2.05, 4.69) is 71.3 Å². The maximum Gasteiger partial charge on any atom is 2.00 e. The van der Waals surface area contributed by atoms with E-state index in [-0.39, 0.29) is 26.5 Å². The predicted molar refractivity (Wildman–Crippen MR) is 142 cm³/mol. The van der Waals surface area contributed by atoms with Crippen LogP contribution >= 0.6 is 0 Å². The minimum absolute atomic E-state index is 0. The summed E-state index contributed by atoms with van der Waals surface area (Å²) in [6.45, 7) is 8.52. The van der Waals surface area contributed by atoms with Crippen LogP contribution in [0.1, 0.15) is 36.4 Å². The number of nitrogens with zero attached hydrogens (tertiary/aromatic N) is 4. The number of aryl methyl sites for hydroxylation is 2. The number of pyridine rings is 1. The fourth-order valence-electron chi connectivity index (χ4n) is 5.00. The summed E-state index contributed by atoms with van der Waals surface area (Å²) in [6, 6.07) is 33.3. The molecule has 186 valence electrons. The number of aromatic nitrogens is 3. The number of para-hydroxylation sites is 1. The van der Waals surface area contributed by atoms with E-state index in [1.54, 1.807) is 0 Å². The fourth-order valence-corrected chi connectivity index (χ4v) is 5.00. The third-order valence-electron chi connectivity index (χ3n) is 6.70. The summed E-state index contributed by atoms with van der Waals surface area (Å²) in [7, 11) is 0. The topological polar surface area (TPSA) is 43.2 Å². The van der Waals surface area contributed by atoms with Crippen molar-refractivity contribution in [3.05, 3.63) is 120 Å². The summed E-state index contributed by atoms with van der Waals surface area (Å²) in [4.78, 5) is 6.83. The molecule has 0 radical (unpaired) electrons. The van der Waals surface area contributed by atoms with E-state index in [1.807, 2.05) is 73.3 Å². The van der Waals surface area contributed by atoms with E-state index < -0.39 is 0 Å². The van der Waals surface area contributed by atoms with Gasteiger partial charge < -0.3 is 9.64 Å². The molecule has 0 saturated heterocycles.